The van der Waals surface area contributed by atoms with Crippen molar-refractivity contribution in [1.29, 1.82) is 0 Å². The van der Waals surface area contributed by atoms with E-state index in [1.165, 1.54) is 31.2 Å². The number of fused-ring (bicyclic) bond motifs is 1. The molecule has 35 heavy (non-hydrogen) atoms. The van der Waals surface area contributed by atoms with Crippen LogP contribution < -0.4 is 10.0 Å². The van der Waals surface area contributed by atoms with Crippen LogP contribution in [0.4, 0.5) is 11.4 Å². The van der Waals surface area contributed by atoms with E-state index in [2.05, 4.69) is 30.3 Å². The van der Waals surface area contributed by atoms with Crippen LogP contribution in [0.2, 0.25) is 0 Å². The van der Waals surface area contributed by atoms with Gasteiger partial charge in [-0.3, -0.25) is 14.5 Å². The summed E-state index contributed by atoms with van der Waals surface area (Å²) in [5.41, 5.74) is 3.78. The summed E-state index contributed by atoms with van der Waals surface area (Å²) in [4.78, 5) is 15.3. The second kappa shape index (κ2) is 8.95. The first-order valence-electron chi connectivity index (χ1n) is 10.5. The minimum atomic E-state index is -3.80. The van der Waals surface area contributed by atoms with Gasteiger partial charge >= 0.3 is 0 Å². The Morgan fingerprint density at radius 2 is 1.60 bits per heavy atom. The molecular formula is C24H19N7O3S. The smallest absolute Gasteiger partial charge is 0.261 e. The van der Waals surface area contributed by atoms with Crippen LogP contribution in [0.25, 0.3) is 28.3 Å². The zero-order valence-corrected chi connectivity index (χ0v) is 19.3. The van der Waals surface area contributed by atoms with E-state index in [1.807, 2.05) is 24.3 Å². The Morgan fingerprint density at radius 3 is 2.29 bits per heavy atom. The predicted molar refractivity (Wildman–Crippen MR) is 131 cm³/mol. The van der Waals surface area contributed by atoms with Crippen LogP contribution in [0.15, 0.2) is 90.1 Å². The first-order valence-corrected chi connectivity index (χ1v) is 12.0. The van der Waals surface area contributed by atoms with E-state index in [4.69, 9.17) is 0 Å². The van der Waals surface area contributed by atoms with E-state index in [0.29, 0.717) is 28.5 Å². The van der Waals surface area contributed by atoms with Crippen molar-refractivity contribution in [2.75, 3.05) is 10.0 Å². The van der Waals surface area contributed by atoms with E-state index in [-0.39, 0.29) is 10.8 Å². The number of aromatic nitrogens is 5. The minimum absolute atomic E-state index is 0.0818. The summed E-state index contributed by atoms with van der Waals surface area (Å²) in [6, 6.07) is 20.2. The number of nitrogens with zero attached hydrogens (tertiary/aromatic N) is 5. The average molecular weight is 486 g/mol. The van der Waals surface area contributed by atoms with Gasteiger partial charge in [0, 0.05) is 41.8 Å². The molecule has 0 atom stereocenters. The highest BCUT2D eigenvalue weighted by Gasteiger charge is 2.15. The third kappa shape index (κ3) is 4.70. The number of nitrogens with one attached hydrogen (secondary N) is 2. The first-order chi connectivity index (χ1) is 16.9. The Bertz CT molecular complexity index is 1620. The number of hydrogen-bond donors (Lipinski definition) is 2. The Morgan fingerprint density at radius 1 is 0.857 bits per heavy atom. The fourth-order valence-corrected chi connectivity index (χ4v) is 4.52. The molecule has 2 aromatic carbocycles. The van der Waals surface area contributed by atoms with Crippen LogP contribution in [-0.2, 0) is 14.8 Å². The molecule has 5 rings (SSSR count). The van der Waals surface area contributed by atoms with Crippen LogP contribution in [0, 0.1) is 0 Å². The van der Waals surface area contributed by atoms with Gasteiger partial charge in [0.1, 0.15) is 0 Å². The SMILES string of the molecule is CC(=O)Nc1ccc(S(=O)(=O)Nc2ccc(-c3ccc4nnc(-c5cccnc5)n4n3)cc2)cc1. The molecule has 0 unspecified atom stereocenters. The highest BCUT2D eigenvalue weighted by Crippen LogP contribution is 2.24. The third-order valence-corrected chi connectivity index (χ3v) is 6.50. The van der Waals surface area contributed by atoms with E-state index < -0.39 is 10.0 Å². The molecule has 0 fully saturated rings. The highest BCUT2D eigenvalue weighted by atomic mass is 32.2. The van der Waals surface area contributed by atoms with E-state index in [1.54, 1.807) is 41.2 Å². The molecular weight excluding hydrogens is 466 g/mol. The summed E-state index contributed by atoms with van der Waals surface area (Å²) in [7, 11) is -3.80. The normalized spacial score (nSPS) is 11.3. The second-order valence-electron chi connectivity index (χ2n) is 7.64. The van der Waals surface area contributed by atoms with Crippen LogP contribution in [0.5, 0.6) is 0 Å². The van der Waals surface area contributed by atoms with E-state index in [9.17, 15) is 13.2 Å². The lowest BCUT2D eigenvalue weighted by molar-refractivity contribution is -0.114. The number of anilines is 2. The lowest BCUT2D eigenvalue weighted by Gasteiger charge is -2.10. The summed E-state index contributed by atoms with van der Waals surface area (Å²) < 4.78 is 29.7. The van der Waals surface area contributed by atoms with Crippen molar-refractivity contribution < 1.29 is 13.2 Å². The van der Waals surface area contributed by atoms with Gasteiger partial charge in [-0.15, -0.1) is 10.2 Å². The summed E-state index contributed by atoms with van der Waals surface area (Å²) >= 11 is 0. The lowest BCUT2D eigenvalue weighted by atomic mass is 10.1. The van der Waals surface area contributed by atoms with Crippen molar-refractivity contribution >= 4 is 33.0 Å². The van der Waals surface area contributed by atoms with Crippen molar-refractivity contribution in [2.45, 2.75) is 11.8 Å². The number of rotatable bonds is 6. The molecule has 1 amide bonds. The molecule has 3 aromatic heterocycles. The first kappa shape index (κ1) is 22.2. The minimum Gasteiger partial charge on any atom is -0.326 e. The summed E-state index contributed by atoms with van der Waals surface area (Å²) in [5.74, 6) is 0.342. The molecule has 11 heteroatoms. The maximum absolute atomic E-state index is 12.7. The fourth-order valence-electron chi connectivity index (χ4n) is 3.46. The average Bonchev–Trinajstić information content (AvgIpc) is 3.28. The van der Waals surface area contributed by atoms with Gasteiger partial charge < -0.3 is 5.32 Å². The van der Waals surface area contributed by atoms with Gasteiger partial charge in [0.05, 0.1) is 10.6 Å². The number of carbonyl (C=O) groups is 1. The molecule has 0 saturated carbocycles. The maximum Gasteiger partial charge on any atom is 0.261 e. The topological polar surface area (TPSA) is 131 Å². The standard InChI is InChI=1S/C24H19N7O3S/c1-16(32)26-19-8-10-21(11-9-19)35(33,34)30-20-6-4-17(5-7-20)22-12-13-23-27-28-24(31(23)29-22)18-3-2-14-25-15-18/h2-15,30H,1H3,(H,26,32). The third-order valence-electron chi connectivity index (χ3n) is 5.10. The zero-order chi connectivity index (χ0) is 24.4. The van der Waals surface area contributed by atoms with Crippen molar-refractivity contribution in [3.05, 3.63) is 85.2 Å². The van der Waals surface area contributed by atoms with Gasteiger partial charge in [0.25, 0.3) is 10.0 Å². The Balaban J connectivity index is 1.37. The van der Waals surface area contributed by atoms with Crippen LogP contribution in [-0.4, -0.2) is 39.1 Å². The molecule has 2 N–H and O–H groups in total. The zero-order valence-electron chi connectivity index (χ0n) is 18.5. The number of amides is 1. The molecule has 3 heterocycles. The largest absolute Gasteiger partial charge is 0.326 e. The van der Waals surface area contributed by atoms with Gasteiger partial charge in [-0.2, -0.15) is 9.61 Å². The van der Waals surface area contributed by atoms with Gasteiger partial charge in [-0.1, -0.05) is 12.1 Å². The highest BCUT2D eigenvalue weighted by molar-refractivity contribution is 7.92. The molecule has 0 aliphatic heterocycles. The van der Waals surface area contributed by atoms with Crippen LogP contribution in [0.3, 0.4) is 0 Å². The van der Waals surface area contributed by atoms with Gasteiger partial charge in [0.15, 0.2) is 11.5 Å². The molecule has 5 aromatic rings. The van der Waals surface area contributed by atoms with Crippen LogP contribution in [0.1, 0.15) is 6.92 Å². The van der Waals surface area contributed by atoms with E-state index >= 15 is 0 Å². The second-order valence-corrected chi connectivity index (χ2v) is 9.32. The maximum atomic E-state index is 12.7. The lowest BCUT2D eigenvalue weighted by Crippen LogP contribution is -2.13. The van der Waals surface area contributed by atoms with Crippen molar-refractivity contribution in [3.8, 4) is 22.6 Å². The fraction of sp³-hybridized carbons (Fsp3) is 0.0417. The Kier molecular flexibility index (Phi) is 5.67. The molecule has 10 nitrogen and oxygen atoms in total. The van der Waals surface area contributed by atoms with Crippen molar-refractivity contribution in [1.82, 2.24) is 24.8 Å². The van der Waals surface area contributed by atoms with Crippen molar-refractivity contribution in [2.24, 2.45) is 0 Å². The van der Waals surface area contributed by atoms with Gasteiger partial charge in [-0.05, 0) is 60.7 Å². The number of hydrogen-bond acceptors (Lipinski definition) is 7. The number of benzene rings is 2. The summed E-state index contributed by atoms with van der Waals surface area (Å²) in [5, 5.41) is 15.6. The molecule has 174 valence electrons. The van der Waals surface area contributed by atoms with Crippen LogP contribution >= 0.6 is 0 Å². The monoisotopic (exact) mass is 485 g/mol. The number of carbonyl (C=O) groups excluding carboxylic acids is 1. The van der Waals surface area contributed by atoms with Gasteiger partial charge in [0.2, 0.25) is 5.91 Å². The molecule has 0 saturated heterocycles. The molecule has 0 radical (unpaired) electrons. The molecule has 0 aliphatic rings. The van der Waals surface area contributed by atoms with Gasteiger partial charge in [-0.25, -0.2) is 8.42 Å². The summed E-state index contributed by atoms with van der Waals surface area (Å²) in [6.07, 6.45) is 3.38. The summed E-state index contributed by atoms with van der Waals surface area (Å²) in [6.45, 7) is 1.38. The van der Waals surface area contributed by atoms with E-state index in [0.717, 1.165) is 11.1 Å². The Hall–Kier alpha value is -4.64. The quantitative estimate of drug-likeness (QED) is 0.376. The molecule has 0 aliphatic carbocycles. The Labute approximate surface area is 200 Å². The van der Waals surface area contributed by atoms with Crippen molar-refractivity contribution in [3.63, 3.8) is 0 Å². The predicted octanol–water partition coefficient (Wildman–Crippen LogP) is 3.61. The number of pyridine rings is 1. The molecule has 0 bridgehead atoms. The molecule has 0 spiro atoms. The number of sulfonamides is 1.